The fourth-order valence-electron chi connectivity index (χ4n) is 2.70. The third kappa shape index (κ3) is 4.36. The molecule has 0 aromatic heterocycles. The molecule has 0 atom stereocenters. The van der Waals surface area contributed by atoms with Crippen LogP contribution < -0.4 is 15.4 Å². The third-order valence-corrected chi connectivity index (χ3v) is 3.99. The SMILES string of the molecule is COc1ccc(C#N)cc1NC(=O)NC1CCC(C(=O)O)CC1. The molecule has 0 radical (unpaired) electrons. The van der Waals surface area contributed by atoms with Gasteiger partial charge in [-0.05, 0) is 43.9 Å². The van der Waals surface area contributed by atoms with Crippen LogP contribution in [-0.2, 0) is 4.79 Å². The molecule has 1 saturated carbocycles. The van der Waals surface area contributed by atoms with Crippen molar-refractivity contribution in [3.05, 3.63) is 23.8 Å². The summed E-state index contributed by atoms with van der Waals surface area (Å²) in [4.78, 5) is 23.0. The first-order valence-corrected chi connectivity index (χ1v) is 7.42. The first-order valence-electron chi connectivity index (χ1n) is 7.42. The van der Waals surface area contributed by atoms with Gasteiger partial charge in [0, 0.05) is 6.04 Å². The smallest absolute Gasteiger partial charge is 0.319 e. The van der Waals surface area contributed by atoms with Crippen LogP contribution in [0.3, 0.4) is 0 Å². The first kappa shape index (κ1) is 16.6. The molecule has 1 aromatic carbocycles. The standard InChI is InChI=1S/C16H19N3O4/c1-23-14-7-2-10(9-17)8-13(14)19-16(22)18-12-5-3-11(4-6-12)15(20)21/h2,7-8,11-12H,3-6H2,1H3,(H,20,21)(H2,18,19,22). The number of hydrogen-bond acceptors (Lipinski definition) is 4. The molecule has 1 fully saturated rings. The summed E-state index contributed by atoms with van der Waals surface area (Å²) in [6.45, 7) is 0. The predicted octanol–water partition coefficient (Wildman–Crippen LogP) is 2.33. The highest BCUT2D eigenvalue weighted by molar-refractivity contribution is 5.91. The number of rotatable bonds is 4. The van der Waals surface area contributed by atoms with Crippen molar-refractivity contribution in [3.8, 4) is 11.8 Å². The Labute approximate surface area is 134 Å². The number of nitrogens with one attached hydrogen (secondary N) is 2. The zero-order chi connectivity index (χ0) is 16.8. The lowest BCUT2D eigenvalue weighted by Crippen LogP contribution is -2.41. The number of carboxylic acids is 1. The summed E-state index contributed by atoms with van der Waals surface area (Å²) in [5, 5.41) is 23.4. The molecule has 3 N–H and O–H groups in total. The minimum absolute atomic E-state index is 0.0456. The molecule has 1 aromatic rings. The molecule has 0 aliphatic heterocycles. The maximum absolute atomic E-state index is 12.1. The van der Waals surface area contributed by atoms with Crippen molar-refractivity contribution < 1.29 is 19.4 Å². The Morgan fingerprint density at radius 1 is 1.30 bits per heavy atom. The van der Waals surface area contributed by atoms with E-state index in [2.05, 4.69) is 10.6 Å². The van der Waals surface area contributed by atoms with Crippen molar-refractivity contribution in [2.24, 2.45) is 5.92 Å². The fourth-order valence-corrected chi connectivity index (χ4v) is 2.70. The number of carbonyl (C=O) groups is 2. The van der Waals surface area contributed by atoms with Crippen LogP contribution in [0.5, 0.6) is 5.75 Å². The highest BCUT2D eigenvalue weighted by Crippen LogP contribution is 2.26. The van der Waals surface area contributed by atoms with E-state index in [1.165, 1.54) is 7.11 Å². The first-order chi connectivity index (χ1) is 11.0. The Kier molecular flexibility index (Phi) is 5.41. The number of ether oxygens (including phenoxy) is 1. The van der Waals surface area contributed by atoms with E-state index in [1.807, 2.05) is 6.07 Å². The summed E-state index contributed by atoms with van der Waals surface area (Å²) in [5.41, 5.74) is 0.839. The quantitative estimate of drug-likeness (QED) is 0.789. The molecule has 2 rings (SSSR count). The molecular weight excluding hydrogens is 298 g/mol. The van der Waals surface area contributed by atoms with E-state index in [4.69, 9.17) is 15.1 Å². The Hall–Kier alpha value is -2.75. The van der Waals surface area contributed by atoms with Crippen LogP contribution in [0.15, 0.2) is 18.2 Å². The van der Waals surface area contributed by atoms with Crippen molar-refractivity contribution in [3.63, 3.8) is 0 Å². The number of aliphatic carboxylic acids is 1. The van der Waals surface area contributed by atoms with Crippen LogP contribution in [0.1, 0.15) is 31.2 Å². The summed E-state index contributed by atoms with van der Waals surface area (Å²) in [6, 6.07) is 6.33. The topological polar surface area (TPSA) is 111 Å². The van der Waals surface area contributed by atoms with Gasteiger partial charge in [0.2, 0.25) is 0 Å². The maximum Gasteiger partial charge on any atom is 0.319 e. The van der Waals surface area contributed by atoms with E-state index < -0.39 is 12.0 Å². The van der Waals surface area contributed by atoms with E-state index in [0.717, 1.165) is 0 Å². The molecule has 1 aliphatic rings. The van der Waals surface area contributed by atoms with Gasteiger partial charge in [0.15, 0.2) is 0 Å². The Morgan fingerprint density at radius 3 is 2.57 bits per heavy atom. The van der Waals surface area contributed by atoms with Gasteiger partial charge >= 0.3 is 12.0 Å². The van der Waals surface area contributed by atoms with Gasteiger partial charge in [-0.15, -0.1) is 0 Å². The van der Waals surface area contributed by atoms with Crippen LogP contribution in [-0.4, -0.2) is 30.3 Å². The summed E-state index contributed by atoms with van der Waals surface area (Å²) in [6.07, 6.45) is 2.40. The monoisotopic (exact) mass is 317 g/mol. The van der Waals surface area contributed by atoms with Crippen molar-refractivity contribution in [2.75, 3.05) is 12.4 Å². The fraction of sp³-hybridized carbons (Fsp3) is 0.438. The van der Waals surface area contributed by atoms with Crippen LogP contribution in [0.4, 0.5) is 10.5 Å². The summed E-state index contributed by atoms with van der Waals surface area (Å²) in [5.74, 6) is -0.622. The predicted molar refractivity (Wildman–Crippen MR) is 83.2 cm³/mol. The van der Waals surface area contributed by atoms with Gasteiger partial charge in [0.05, 0.1) is 30.3 Å². The van der Waals surface area contributed by atoms with Crippen molar-refractivity contribution in [1.29, 1.82) is 5.26 Å². The van der Waals surface area contributed by atoms with E-state index in [9.17, 15) is 9.59 Å². The zero-order valence-corrected chi connectivity index (χ0v) is 12.8. The molecule has 7 nitrogen and oxygen atoms in total. The Balaban J connectivity index is 1.93. The molecule has 0 saturated heterocycles. The number of nitrogens with zero attached hydrogens (tertiary/aromatic N) is 1. The molecule has 7 heteroatoms. The number of nitriles is 1. The van der Waals surface area contributed by atoms with E-state index in [0.29, 0.717) is 42.7 Å². The molecule has 1 aliphatic carbocycles. The average molecular weight is 317 g/mol. The summed E-state index contributed by atoms with van der Waals surface area (Å²) >= 11 is 0. The van der Waals surface area contributed by atoms with Crippen LogP contribution in [0, 0.1) is 17.2 Å². The molecule has 0 spiro atoms. The van der Waals surface area contributed by atoms with Crippen molar-refractivity contribution >= 4 is 17.7 Å². The maximum atomic E-state index is 12.1. The second kappa shape index (κ2) is 7.49. The highest BCUT2D eigenvalue weighted by Gasteiger charge is 2.26. The van der Waals surface area contributed by atoms with Crippen LogP contribution in [0.2, 0.25) is 0 Å². The second-order valence-corrected chi connectivity index (χ2v) is 5.51. The number of carboxylic acid groups (broad SMARTS) is 1. The molecule has 23 heavy (non-hydrogen) atoms. The molecule has 0 unspecified atom stereocenters. The number of anilines is 1. The van der Waals surface area contributed by atoms with Gasteiger partial charge in [-0.1, -0.05) is 0 Å². The summed E-state index contributed by atoms with van der Waals surface area (Å²) in [7, 11) is 1.48. The van der Waals surface area contributed by atoms with Crippen LogP contribution in [0.25, 0.3) is 0 Å². The largest absolute Gasteiger partial charge is 0.495 e. The van der Waals surface area contributed by atoms with Gasteiger partial charge in [-0.25, -0.2) is 4.79 Å². The number of urea groups is 1. The number of carbonyl (C=O) groups excluding carboxylic acids is 1. The molecule has 2 amide bonds. The minimum Gasteiger partial charge on any atom is -0.495 e. The van der Waals surface area contributed by atoms with E-state index >= 15 is 0 Å². The van der Waals surface area contributed by atoms with Gasteiger partial charge in [-0.3, -0.25) is 4.79 Å². The highest BCUT2D eigenvalue weighted by atomic mass is 16.5. The molecule has 0 bridgehead atoms. The number of methoxy groups -OCH3 is 1. The van der Waals surface area contributed by atoms with Crippen molar-refractivity contribution in [1.82, 2.24) is 5.32 Å². The normalized spacial score (nSPS) is 20.2. The lowest BCUT2D eigenvalue weighted by atomic mass is 9.86. The van der Waals surface area contributed by atoms with Gasteiger partial charge in [0.1, 0.15) is 5.75 Å². The van der Waals surface area contributed by atoms with Gasteiger partial charge < -0.3 is 20.5 Å². The Bertz CT molecular complexity index is 631. The second-order valence-electron chi connectivity index (χ2n) is 5.51. The van der Waals surface area contributed by atoms with Crippen LogP contribution >= 0.6 is 0 Å². The number of benzene rings is 1. The summed E-state index contributed by atoms with van der Waals surface area (Å²) < 4.78 is 5.16. The third-order valence-electron chi connectivity index (χ3n) is 3.99. The lowest BCUT2D eigenvalue weighted by Gasteiger charge is -2.27. The average Bonchev–Trinajstić information content (AvgIpc) is 2.55. The Morgan fingerprint density at radius 2 is 2.00 bits per heavy atom. The zero-order valence-electron chi connectivity index (χ0n) is 12.8. The lowest BCUT2D eigenvalue weighted by molar-refractivity contribution is -0.142. The van der Waals surface area contributed by atoms with E-state index in [1.54, 1.807) is 18.2 Å². The number of amides is 2. The van der Waals surface area contributed by atoms with E-state index in [-0.39, 0.29) is 12.0 Å². The van der Waals surface area contributed by atoms with Crippen molar-refractivity contribution in [2.45, 2.75) is 31.7 Å². The molecule has 122 valence electrons. The van der Waals surface area contributed by atoms with Gasteiger partial charge in [-0.2, -0.15) is 5.26 Å². The van der Waals surface area contributed by atoms with Gasteiger partial charge in [0.25, 0.3) is 0 Å². The molecule has 0 heterocycles. The number of hydrogen-bond donors (Lipinski definition) is 3. The molecular formula is C16H19N3O4. The minimum atomic E-state index is -0.772.